The maximum absolute atomic E-state index is 12.0. The van der Waals surface area contributed by atoms with Gasteiger partial charge < -0.3 is 33.6 Å². The molecule has 4 rings (SSSR count). The van der Waals surface area contributed by atoms with E-state index in [1.54, 1.807) is 42.5 Å². The van der Waals surface area contributed by atoms with Crippen LogP contribution in [-0.4, -0.2) is 37.8 Å². The summed E-state index contributed by atoms with van der Waals surface area (Å²) in [6.45, 7) is 0. The van der Waals surface area contributed by atoms with Gasteiger partial charge in [0.05, 0.1) is 22.5 Å². The lowest BCUT2D eigenvalue weighted by atomic mass is 10.1. The van der Waals surface area contributed by atoms with Crippen molar-refractivity contribution in [2.45, 2.75) is 9.79 Å². The van der Waals surface area contributed by atoms with Gasteiger partial charge in [0.15, 0.2) is 0 Å². The molecule has 2 amide bonds. The van der Waals surface area contributed by atoms with Crippen molar-refractivity contribution in [1.29, 1.82) is 0 Å². The molecule has 0 radical (unpaired) electrons. The van der Waals surface area contributed by atoms with Gasteiger partial charge in [-0.25, -0.2) is 0 Å². The predicted octanol–water partition coefficient (Wildman–Crippen LogP) is 2.70. The normalized spacial score (nSPS) is 11.1. The SMILES string of the molecule is Nc1ccccc1C(=O)Nc1ccc(N)c(S(=O)(=O)O)c1.Nc1ccccc1C(=O)Nc1ccc(S(=O)(=O)O)c(N)c1. The molecule has 12 N–H and O–H groups in total. The van der Waals surface area contributed by atoms with E-state index >= 15 is 0 Å². The molecule has 0 aliphatic rings. The van der Waals surface area contributed by atoms with Crippen LogP contribution in [0.2, 0.25) is 0 Å². The Hall–Kier alpha value is -5.16. The van der Waals surface area contributed by atoms with Gasteiger partial charge in [0, 0.05) is 22.7 Å². The third-order valence-corrected chi connectivity index (χ3v) is 7.34. The number of carbonyl (C=O) groups is 2. The molecule has 0 aromatic heterocycles. The first-order valence-electron chi connectivity index (χ1n) is 11.6. The number of nitrogen functional groups attached to an aromatic ring is 4. The lowest BCUT2D eigenvalue weighted by Gasteiger charge is -2.09. The molecule has 0 bridgehead atoms. The highest BCUT2D eigenvalue weighted by atomic mass is 32.2. The Morgan fingerprint density at radius 1 is 0.524 bits per heavy atom. The van der Waals surface area contributed by atoms with E-state index in [1.807, 2.05) is 0 Å². The number of para-hydroxylation sites is 2. The van der Waals surface area contributed by atoms with Gasteiger partial charge in [-0.2, -0.15) is 16.8 Å². The van der Waals surface area contributed by atoms with Crippen molar-refractivity contribution in [3.05, 3.63) is 96.1 Å². The minimum atomic E-state index is -4.47. The van der Waals surface area contributed by atoms with Crippen molar-refractivity contribution in [2.24, 2.45) is 0 Å². The molecule has 0 saturated heterocycles. The first-order valence-corrected chi connectivity index (χ1v) is 14.5. The molecule has 0 heterocycles. The van der Waals surface area contributed by atoms with Crippen LogP contribution in [0.15, 0.2) is 94.7 Å². The summed E-state index contributed by atoms with van der Waals surface area (Å²) in [6, 6.07) is 20.4. The molecule has 0 aliphatic heterocycles. The number of benzene rings is 4. The fourth-order valence-electron chi connectivity index (χ4n) is 3.50. The molecule has 220 valence electrons. The number of nitrogens with one attached hydrogen (secondary N) is 2. The van der Waals surface area contributed by atoms with Gasteiger partial charge in [0.25, 0.3) is 32.1 Å². The van der Waals surface area contributed by atoms with E-state index < -0.39 is 41.8 Å². The van der Waals surface area contributed by atoms with E-state index in [-0.39, 0.29) is 33.9 Å². The molecule has 14 nitrogen and oxygen atoms in total. The van der Waals surface area contributed by atoms with Crippen LogP contribution in [-0.2, 0) is 20.2 Å². The fraction of sp³-hybridized carbons (Fsp3) is 0. The number of carbonyl (C=O) groups excluding carboxylic acids is 2. The Morgan fingerprint density at radius 3 is 1.38 bits per heavy atom. The number of rotatable bonds is 6. The lowest BCUT2D eigenvalue weighted by molar-refractivity contribution is 0.101. The third kappa shape index (κ3) is 7.95. The monoisotopic (exact) mass is 614 g/mol. The van der Waals surface area contributed by atoms with E-state index in [0.29, 0.717) is 11.4 Å². The van der Waals surface area contributed by atoms with Crippen molar-refractivity contribution >= 4 is 66.2 Å². The third-order valence-electron chi connectivity index (χ3n) is 5.51. The van der Waals surface area contributed by atoms with Gasteiger partial charge in [0.1, 0.15) is 9.79 Å². The second-order valence-electron chi connectivity index (χ2n) is 8.54. The summed E-state index contributed by atoms with van der Waals surface area (Å²) in [5.74, 6) is -0.953. The number of amides is 2. The molecular weight excluding hydrogens is 588 g/mol. The van der Waals surface area contributed by atoms with E-state index in [4.69, 9.17) is 32.0 Å². The van der Waals surface area contributed by atoms with Gasteiger partial charge in [-0.3, -0.25) is 18.7 Å². The Bertz CT molecular complexity index is 1880. The molecule has 42 heavy (non-hydrogen) atoms. The van der Waals surface area contributed by atoms with Gasteiger partial charge in [-0.05, 0) is 60.7 Å². The first-order chi connectivity index (χ1) is 19.6. The van der Waals surface area contributed by atoms with Crippen molar-refractivity contribution < 1.29 is 35.5 Å². The molecule has 0 atom stereocenters. The van der Waals surface area contributed by atoms with Gasteiger partial charge >= 0.3 is 0 Å². The smallest absolute Gasteiger partial charge is 0.296 e. The molecule has 4 aromatic carbocycles. The molecule has 0 saturated carbocycles. The summed E-state index contributed by atoms with van der Waals surface area (Å²) in [6.07, 6.45) is 0. The molecule has 4 aromatic rings. The van der Waals surface area contributed by atoms with Crippen LogP contribution in [0.4, 0.5) is 34.1 Å². The van der Waals surface area contributed by atoms with Crippen molar-refractivity contribution in [3.63, 3.8) is 0 Å². The van der Waals surface area contributed by atoms with Crippen LogP contribution < -0.4 is 33.6 Å². The summed E-state index contributed by atoms with van der Waals surface area (Å²) in [7, 11) is -8.86. The van der Waals surface area contributed by atoms with E-state index in [9.17, 15) is 26.4 Å². The Balaban J connectivity index is 0.000000230. The maximum atomic E-state index is 12.0. The van der Waals surface area contributed by atoms with E-state index in [1.165, 1.54) is 30.3 Å². The van der Waals surface area contributed by atoms with Crippen LogP contribution in [0.5, 0.6) is 0 Å². The Morgan fingerprint density at radius 2 is 0.952 bits per heavy atom. The second-order valence-corrected chi connectivity index (χ2v) is 11.3. The molecule has 16 heteroatoms. The summed E-state index contributed by atoms with van der Waals surface area (Å²) in [5, 5.41) is 5.03. The van der Waals surface area contributed by atoms with Gasteiger partial charge in [-0.15, -0.1) is 0 Å². The molecular formula is C26H26N6O8S2. The number of hydrogen-bond donors (Lipinski definition) is 8. The first kappa shape index (κ1) is 31.4. The predicted molar refractivity (Wildman–Crippen MR) is 159 cm³/mol. The number of nitrogens with two attached hydrogens (primary N) is 4. The fourth-order valence-corrected chi connectivity index (χ4v) is 4.74. The zero-order valence-corrected chi connectivity index (χ0v) is 23.2. The summed E-state index contributed by atoms with van der Waals surface area (Å²) < 4.78 is 62.4. The minimum Gasteiger partial charge on any atom is -0.398 e. The molecule has 0 fully saturated rings. The van der Waals surface area contributed by atoms with E-state index in [0.717, 1.165) is 12.1 Å². The summed E-state index contributed by atoms with van der Waals surface area (Å²) in [4.78, 5) is 23.2. The van der Waals surface area contributed by atoms with Crippen LogP contribution in [0.1, 0.15) is 20.7 Å². The number of anilines is 6. The highest BCUT2D eigenvalue weighted by Gasteiger charge is 2.17. The summed E-state index contributed by atoms with van der Waals surface area (Å²) in [5.41, 5.74) is 23.7. The van der Waals surface area contributed by atoms with Gasteiger partial charge in [-0.1, -0.05) is 24.3 Å². The average Bonchev–Trinajstić information content (AvgIpc) is 2.89. The minimum absolute atomic E-state index is 0.116. The zero-order valence-electron chi connectivity index (χ0n) is 21.6. The van der Waals surface area contributed by atoms with Crippen molar-refractivity contribution in [2.75, 3.05) is 33.6 Å². The van der Waals surface area contributed by atoms with Crippen molar-refractivity contribution in [1.82, 2.24) is 0 Å². The van der Waals surface area contributed by atoms with E-state index in [2.05, 4.69) is 10.6 Å². The highest BCUT2D eigenvalue weighted by molar-refractivity contribution is 7.86. The van der Waals surface area contributed by atoms with Crippen LogP contribution in [0.25, 0.3) is 0 Å². The topological polar surface area (TPSA) is 271 Å². The second kappa shape index (κ2) is 12.6. The Kier molecular flexibility index (Phi) is 9.38. The van der Waals surface area contributed by atoms with Crippen molar-refractivity contribution in [3.8, 4) is 0 Å². The molecule has 0 spiro atoms. The Labute approximate surface area is 240 Å². The summed E-state index contributed by atoms with van der Waals surface area (Å²) >= 11 is 0. The van der Waals surface area contributed by atoms with Gasteiger partial charge in [0.2, 0.25) is 0 Å². The highest BCUT2D eigenvalue weighted by Crippen LogP contribution is 2.24. The largest absolute Gasteiger partial charge is 0.398 e. The quantitative estimate of drug-likeness (QED) is 0.115. The zero-order chi connectivity index (χ0) is 31.2. The molecule has 0 aliphatic carbocycles. The van der Waals surface area contributed by atoms with Crippen LogP contribution in [0.3, 0.4) is 0 Å². The van der Waals surface area contributed by atoms with Crippen LogP contribution in [0, 0.1) is 0 Å². The van der Waals surface area contributed by atoms with Crippen LogP contribution >= 0.6 is 0 Å². The standard InChI is InChI=1S/2C13H13N3O4S/c14-10-4-2-1-3-9(10)13(17)16-8-5-6-12(11(15)7-8)21(18,19)20;14-10-4-2-1-3-9(10)13(17)16-8-5-6-11(15)12(7-8)21(18,19)20/h2*1-7H,14-15H2,(H,16,17)(H,18,19,20). The maximum Gasteiger partial charge on any atom is 0.296 e. The molecule has 0 unspecified atom stereocenters. The average molecular weight is 615 g/mol. The lowest BCUT2D eigenvalue weighted by Crippen LogP contribution is -2.14. The number of hydrogen-bond acceptors (Lipinski definition) is 10.